The Hall–Kier alpha value is -4.66. The number of likely N-dealkylation sites (tertiary alicyclic amines) is 1. The third-order valence-electron chi connectivity index (χ3n) is 10.6. The van der Waals surface area contributed by atoms with Crippen LogP contribution >= 0.6 is 0 Å². The number of fused-ring (bicyclic) bond motifs is 3. The van der Waals surface area contributed by atoms with Gasteiger partial charge in [0.2, 0.25) is 5.88 Å². The Kier molecular flexibility index (Phi) is 8.63. The lowest BCUT2D eigenvalue weighted by molar-refractivity contribution is -0.0123. The number of pyridine rings is 1. The zero-order valence-electron chi connectivity index (χ0n) is 28.6. The number of aliphatic hydroxyl groups is 1. The van der Waals surface area contributed by atoms with Gasteiger partial charge in [-0.2, -0.15) is 9.97 Å². The van der Waals surface area contributed by atoms with Gasteiger partial charge < -0.3 is 33.8 Å². The number of anilines is 1. The van der Waals surface area contributed by atoms with E-state index >= 15 is 8.78 Å². The van der Waals surface area contributed by atoms with Gasteiger partial charge in [0.1, 0.15) is 45.8 Å². The number of rotatable bonds is 8. The first kappa shape index (κ1) is 33.5. The molecule has 5 heterocycles. The van der Waals surface area contributed by atoms with Crippen molar-refractivity contribution in [2.24, 2.45) is 5.41 Å². The average molecular weight is 703 g/mol. The van der Waals surface area contributed by atoms with Crippen molar-refractivity contribution in [1.29, 1.82) is 0 Å². The Morgan fingerprint density at radius 1 is 1.08 bits per heavy atom. The fourth-order valence-electron chi connectivity index (χ4n) is 8.41. The van der Waals surface area contributed by atoms with Gasteiger partial charge in [-0.3, -0.25) is 4.90 Å². The largest absolute Gasteiger partial charge is 0.508 e. The zero-order valence-corrected chi connectivity index (χ0v) is 28.6. The SMILES string of the molecule is COc1nc(-c2cc(O)cc3cccc(F)c23)c(F)c2nc(OC[C@]34CCC[C@H]3N(Cc3cnoc3)CCC4)nc(N3CCOC[C@@](C)(O)C3)c12. The molecule has 3 fully saturated rings. The van der Waals surface area contributed by atoms with Crippen LogP contribution in [0, 0.1) is 17.0 Å². The van der Waals surface area contributed by atoms with E-state index in [-0.39, 0.29) is 82.2 Å². The molecule has 12 nitrogen and oxygen atoms in total. The lowest BCUT2D eigenvalue weighted by atomic mass is 9.75. The van der Waals surface area contributed by atoms with E-state index in [1.54, 1.807) is 30.4 Å². The average Bonchev–Trinajstić information content (AvgIpc) is 3.75. The Bertz CT molecular complexity index is 2080. The highest BCUT2D eigenvalue weighted by atomic mass is 19.1. The molecule has 0 spiro atoms. The molecule has 2 aliphatic heterocycles. The van der Waals surface area contributed by atoms with Gasteiger partial charge in [-0.05, 0) is 62.7 Å². The predicted octanol–water partition coefficient (Wildman–Crippen LogP) is 5.63. The number of aromatic nitrogens is 4. The maximum atomic E-state index is 17.1. The second kappa shape index (κ2) is 13.1. The van der Waals surface area contributed by atoms with Gasteiger partial charge in [0.25, 0.3) is 0 Å². The maximum Gasteiger partial charge on any atom is 0.319 e. The molecule has 3 atom stereocenters. The van der Waals surface area contributed by atoms with E-state index in [4.69, 9.17) is 23.7 Å². The van der Waals surface area contributed by atoms with Crippen LogP contribution in [0.25, 0.3) is 32.9 Å². The lowest BCUT2D eigenvalue weighted by Gasteiger charge is -2.46. The van der Waals surface area contributed by atoms with Gasteiger partial charge in [-0.1, -0.05) is 23.7 Å². The summed E-state index contributed by atoms with van der Waals surface area (Å²) in [6.07, 6.45) is 8.43. The van der Waals surface area contributed by atoms with Crippen LogP contribution in [-0.2, 0) is 11.3 Å². The van der Waals surface area contributed by atoms with Crippen LogP contribution in [0.2, 0.25) is 0 Å². The molecular formula is C37H40F2N6O6. The molecule has 51 heavy (non-hydrogen) atoms. The van der Waals surface area contributed by atoms with E-state index in [0.717, 1.165) is 50.8 Å². The normalized spacial score (nSPS) is 24.2. The topological polar surface area (TPSA) is 139 Å². The molecule has 2 N–H and O–H groups in total. The summed E-state index contributed by atoms with van der Waals surface area (Å²) in [5.74, 6) is -1.38. The van der Waals surface area contributed by atoms with E-state index in [0.29, 0.717) is 18.5 Å². The molecular weight excluding hydrogens is 662 g/mol. The molecule has 5 aromatic rings. The number of nitrogens with zero attached hydrogens (tertiary/aromatic N) is 6. The molecule has 0 radical (unpaired) electrons. The number of methoxy groups -OCH3 is 1. The van der Waals surface area contributed by atoms with Crippen LogP contribution < -0.4 is 14.4 Å². The highest BCUT2D eigenvalue weighted by Gasteiger charge is 2.48. The van der Waals surface area contributed by atoms with Crippen LogP contribution in [0.4, 0.5) is 14.6 Å². The number of β-amino-alcohol motifs (C(OH)–C–C–N with tert-alkyl or cyclic N) is 1. The molecule has 2 aromatic carbocycles. The van der Waals surface area contributed by atoms with Gasteiger partial charge in [0, 0.05) is 41.1 Å². The van der Waals surface area contributed by atoms with Crippen molar-refractivity contribution in [3.05, 3.63) is 60.0 Å². The van der Waals surface area contributed by atoms with E-state index in [9.17, 15) is 10.2 Å². The van der Waals surface area contributed by atoms with Crippen molar-refractivity contribution in [2.45, 2.75) is 57.2 Å². The fourth-order valence-corrected chi connectivity index (χ4v) is 8.41. The molecule has 268 valence electrons. The summed E-state index contributed by atoms with van der Waals surface area (Å²) in [6.45, 7) is 4.52. The number of benzene rings is 2. The van der Waals surface area contributed by atoms with Crippen LogP contribution in [-0.4, -0.2) is 93.4 Å². The van der Waals surface area contributed by atoms with Crippen molar-refractivity contribution in [3.8, 4) is 28.9 Å². The molecule has 2 saturated heterocycles. The molecule has 0 bridgehead atoms. The molecule has 1 saturated carbocycles. The first-order valence-corrected chi connectivity index (χ1v) is 17.3. The molecule has 0 amide bonds. The number of hydrogen-bond acceptors (Lipinski definition) is 12. The van der Waals surface area contributed by atoms with Gasteiger partial charge in [-0.15, -0.1) is 0 Å². The van der Waals surface area contributed by atoms with Gasteiger partial charge in [0.15, 0.2) is 5.82 Å². The highest BCUT2D eigenvalue weighted by molar-refractivity contribution is 6.02. The smallest absolute Gasteiger partial charge is 0.319 e. The lowest BCUT2D eigenvalue weighted by Crippen LogP contribution is -2.51. The minimum absolute atomic E-state index is 0.00769. The minimum atomic E-state index is -1.24. The van der Waals surface area contributed by atoms with Gasteiger partial charge >= 0.3 is 6.01 Å². The van der Waals surface area contributed by atoms with Crippen molar-refractivity contribution in [3.63, 3.8) is 0 Å². The molecule has 0 unspecified atom stereocenters. The summed E-state index contributed by atoms with van der Waals surface area (Å²) in [4.78, 5) is 18.3. The third kappa shape index (κ3) is 6.19. The summed E-state index contributed by atoms with van der Waals surface area (Å²) in [5, 5.41) is 26.2. The fraction of sp³-hybridized carbons (Fsp3) is 0.459. The predicted molar refractivity (Wildman–Crippen MR) is 184 cm³/mol. The van der Waals surface area contributed by atoms with Crippen molar-refractivity contribution < 1.29 is 37.7 Å². The van der Waals surface area contributed by atoms with Crippen LogP contribution in [0.3, 0.4) is 0 Å². The van der Waals surface area contributed by atoms with E-state index in [1.165, 1.54) is 31.4 Å². The summed E-state index contributed by atoms with van der Waals surface area (Å²) in [7, 11) is 1.40. The number of hydrogen-bond donors (Lipinski definition) is 2. The Morgan fingerprint density at radius 2 is 1.94 bits per heavy atom. The first-order chi connectivity index (χ1) is 24.6. The van der Waals surface area contributed by atoms with E-state index < -0.39 is 17.2 Å². The summed E-state index contributed by atoms with van der Waals surface area (Å²) in [5.41, 5.74) is -0.737. The highest BCUT2D eigenvalue weighted by Crippen LogP contribution is 2.49. The summed E-state index contributed by atoms with van der Waals surface area (Å²) < 4.78 is 55.4. The van der Waals surface area contributed by atoms with Crippen LogP contribution in [0.1, 0.15) is 44.6 Å². The van der Waals surface area contributed by atoms with E-state index in [1.807, 2.05) is 0 Å². The van der Waals surface area contributed by atoms with Gasteiger partial charge in [0.05, 0.1) is 39.7 Å². The summed E-state index contributed by atoms with van der Waals surface area (Å²) >= 11 is 0. The zero-order chi connectivity index (χ0) is 35.3. The Balaban J connectivity index is 1.25. The number of piperidine rings is 1. The molecule has 3 aliphatic rings. The number of phenolic OH excluding ortho intramolecular Hbond substituents is 1. The van der Waals surface area contributed by atoms with Crippen LogP contribution in [0.15, 0.2) is 47.3 Å². The number of aromatic hydroxyl groups is 1. The second-order valence-electron chi connectivity index (χ2n) is 14.3. The van der Waals surface area contributed by atoms with Crippen molar-refractivity contribution in [1.82, 2.24) is 25.0 Å². The molecule has 8 rings (SSSR count). The quantitative estimate of drug-likeness (QED) is 0.207. The van der Waals surface area contributed by atoms with Gasteiger partial charge in [-0.25, -0.2) is 13.8 Å². The molecule has 14 heteroatoms. The third-order valence-corrected chi connectivity index (χ3v) is 10.6. The molecule has 3 aromatic heterocycles. The number of ether oxygens (including phenoxy) is 3. The van der Waals surface area contributed by atoms with Crippen LogP contribution in [0.5, 0.6) is 17.6 Å². The van der Waals surface area contributed by atoms with Crippen molar-refractivity contribution in [2.75, 3.05) is 51.5 Å². The minimum Gasteiger partial charge on any atom is -0.508 e. The number of halogens is 2. The standard InChI is InChI=1S/C37H40F2N6O6/c1-36(47)19-45(12-13-49-20-36)33-29-32(30(39)31(41-34(29)48-2)25-15-24(46)14-23-6-3-7-26(38)28(23)25)42-35(43-33)50-21-37-9-4-8-27(37)44(11-5-10-37)17-22-16-40-51-18-22/h3,6-7,14-16,18,27,46-47H,4-5,8-13,17,19-21H2,1-2H3/t27-,36+,37-/m1/s1. The summed E-state index contributed by atoms with van der Waals surface area (Å²) in [6, 6.07) is 7.33. The second-order valence-corrected chi connectivity index (χ2v) is 14.3. The van der Waals surface area contributed by atoms with E-state index in [2.05, 4.69) is 20.0 Å². The Labute approximate surface area is 292 Å². The molecule has 1 aliphatic carbocycles. The first-order valence-electron chi connectivity index (χ1n) is 17.3. The monoisotopic (exact) mass is 702 g/mol. The number of phenols is 1. The maximum absolute atomic E-state index is 17.1. The van der Waals surface area contributed by atoms with Crippen molar-refractivity contribution >= 4 is 27.5 Å². The Morgan fingerprint density at radius 3 is 2.76 bits per heavy atom.